The molecule has 7 heteroatoms. The number of carbonyl (C=O) groups excluding carboxylic acids is 1. The number of para-hydroxylation sites is 2. The summed E-state index contributed by atoms with van der Waals surface area (Å²) in [6, 6.07) is 14.0. The molecule has 1 aromatic heterocycles. The second-order valence-electron chi connectivity index (χ2n) is 7.38. The van der Waals surface area contributed by atoms with Crippen molar-refractivity contribution < 1.29 is 14.3 Å². The van der Waals surface area contributed by atoms with Gasteiger partial charge in [0.1, 0.15) is 5.01 Å². The molecule has 1 amide bonds. The van der Waals surface area contributed by atoms with Crippen LogP contribution in [-0.2, 0) is 17.8 Å². The number of aryl methyl sites for hydroxylation is 1. The van der Waals surface area contributed by atoms with Crippen molar-refractivity contribution in [3.63, 3.8) is 0 Å². The van der Waals surface area contributed by atoms with Gasteiger partial charge in [0.25, 0.3) is 0 Å². The van der Waals surface area contributed by atoms with Crippen LogP contribution in [0.1, 0.15) is 17.0 Å². The van der Waals surface area contributed by atoms with Gasteiger partial charge in [-0.05, 0) is 30.2 Å². The predicted octanol–water partition coefficient (Wildman–Crippen LogP) is 3.59. The van der Waals surface area contributed by atoms with Crippen LogP contribution in [0.5, 0.6) is 11.5 Å². The average Bonchev–Trinajstić information content (AvgIpc) is 3.19. The lowest BCUT2D eigenvalue weighted by molar-refractivity contribution is -0.133. The highest BCUT2D eigenvalue weighted by atomic mass is 32.1. The number of hydrogen-bond acceptors (Lipinski definition) is 6. The maximum absolute atomic E-state index is 12.7. The molecular weight excluding hydrogens is 398 g/mol. The molecule has 1 fully saturated rings. The summed E-state index contributed by atoms with van der Waals surface area (Å²) in [6.45, 7) is 4.13. The van der Waals surface area contributed by atoms with E-state index in [1.54, 1.807) is 25.6 Å². The Morgan fingerprint density at radius 3 is 2.57 bits per heavy atom. The molecular formula is C23H27N3O3S. The quantitative estimate of drug-likeness (QED) is 0.579. The average molecular weight is 426 g/mol. The van der Waals surface area contributed by atoms with E-state index in [9.17, 15) is 4.79 Å². The topological polar surface area (TPSA) is 54.9 Å². The fourth-order valence-corrected chi connectivity index (χ4v) is 4.89. The fraction of sp³-hybridized carbons (Fsp3) is 0.391. The van der Waals surface area contributed by atoms with E-state index in [0.29, 0.717) is 24.3 Å². The van der Waals surface area contributed by atoms with Crippen molar-refractivity contribution in [1.82, 2.24) is 14.8 Å². The van der Waals surface area contributed by atoms with Gasteiger partial charge in [-0.1, -0.05) is 24.3 Å². The molecule has 6 nitrogen and oxygen atoms in total. The molecule has 4 rings (SSSR count). The van der Waals surface area contributed by atoms with E-state index in [1.807, 2.05) is 29.2 Å². The minimum absolute atomic E-state index is 0.194. The molecule has 0 saturated carbocycles. The van der Waals surface area contributed by atoms with Crippen molar-refractivity contribution in [3.8, 4) is 11.5 Å². The Hall–Kier alpha value is -2.64. The standard InChI is InChI=1S/C23H27N3O3S/c1-28-19-8-5-6-17(23(19)29-2)10-11-22(27)26-14-12-25(13-15-26)16-21-24-18-7-3-4-9-20(18)30-21/h3-9H,10-16H2,1-2H3. The van der Waals surface area contributed by atoms with E-state index in [2.05, 4.69) is 23.1 Å². The SMILES string of the molecule is COc1cccc(CCC(=O)N2CCN(Cc3nc4ccccc4s3)CC2)c1OC. The van der Waals surface area contributed by atoms with E-state index in [4.69, 9.17) is 14.5 Å². The number of aromatic nitrogens is 1. The Morgan fingerprint density at radius 1 is 1.03 bits per heavy atom. The van der Waals surface area contributed by atoms with Gasteiger partial charge >= 0.3 is 0 Å². The van der Waals surface area contributed by atoms with Gasteiger partial charge in [0.05, 0.1) is 31.0 Å². The van der Waals surface area contributed by atoms with Crippen LogP contribution in [0.3, 0.4) is 0 Å². The lowest BCUT2D eigenvalue weighted by Gasteiger charge is -2.34. The summed E-state index contributed by atoms with van der Waals surface area (Å²) >= 11 is 1.75. The lowest BCUT2D eigenvalue weighted by atomic mass is 10.1. The Morgan fingerprint density at radius 2 is 1.83 bits per heavy atom. The summed E-state index contributed by atoms with van der Waals surface area (Å²) in [4.78, 5) is 21.8. The molecule has 0 bridgehead atoms. The van der Waals surface area contributed by atoms with Crippen molar-refractivity contribution in [3.05, 3.63) is 53.0 Å². The maximum Gasteiger partial charge on any atom is 0.222 e. The summed E-state index contributed by atoms with van der Waals surface area (Å²) in [7, 11) is 3.26. The smallest absolute Gasteiger partial charge is 0.222 e. The number of carbonyl (C=O) groups is 1. The van der Waals surface area contributed by atoms with Crippen LogP contribution in [0.25, 0.3) is 10.2 Å². The first-order valence-corrected chi connectivity index (χ1v) is 11.0. The van der Waals surface area contributed by atoms with Crippen LogP contribution in [-0.4, -0.2) is 61.1 Å². The Bertz CT molecular complexity index is 979. The number of thiazole rings is 1. The minimum Gasteiger partial charge on any atom is -0.493 e. The highest BCUT2D eigenvalue weighted by molar-refractivity contribution is 7.18. The zero-order valence-corrected chi connectivity index (χ0v) is 18.3. The first-order valence-electron chi connectivity index (χ1n) is 10.2. The van der Waals surface area contributed by atoms with E-state index in [0.717, 1.165) is 48.8 Å². The van der Waals surface area contributed by atoms with Gasteiger partial charge in [0.2, 0.25) is 5.91 Å². The summed E-state index contributed by atoms with van der Waals surface area (Å²) in [5, 5.41) is 1.14. The van der Waals surface area contributed by atoms with Gasteiger partial charge in [-0.15, -0.1) is 11.3 Å². The van der Waals surface area contributed by atoms with Gasteiger partial charge in [-0.2, -0.15) is 0 Å². The number of nitrogens with zero attached hydrogens (tertiary/aromatic N) is 3. The van der Waals surface area contributed by atoms with E-state index < -0.39 is 0 Å². The Labute approximate surface area is 181 Å². The van der Waals surface area contributed by atoms with Crippen LogP contribution >= 0.6 is 11.3 Å². The number of rotatable bonds is 7. The van der Waals surface area contributed by atoms with E-state index >= 15 is 0 Å². The molecule has 2 aromatic carbocycles. The second kappa shape index (κ2) is 9.45. The van der Waals surface area contributed by atoms with Crippen LogP contribution in [0.15, 0.2) is 42.5 Å². The molecule has 158 valence electrons. The number of piperazine rings is 1. The normalized spacial score (nSPS) is 14.8. The van der Waals surface area contributed by atoms with Crippen molar-refractivity contribution in [2.24, 2.45) is 0 Å². The zero-order valence-electron chi connectivity index (χ0n) is 17.5. The zero-order chi connectivity index (χ0) is 20.9. The molecule has 0 radical (unpaired) electrons. The Kier molecular flexibility index (Phi) is 6.50. The predicted molar refractivity (Wildman–Crippen MR) is 119 cm³/mol. The molecule has 0 aliphatic carbocycles. The number of ether oxygens (including phenoxy) is 2. The molecule has 1 aliphatic heterocycles. The highest BCUT2D eigenvalue weighted by Gasteiger charge is 2.22. The largest absolute Gasteiger partial charge is 0.493 e. The summed E-state index contributed by atoms with van der Waals surface area (Å²) in [6.07, 6.45) is 1.12. The lowest BCUT2D eigenvalue weighted by Crippen LogP contribution is -2.48. The van der Waals surface area contributed by atoms with Gasteiger partial charge in [-0.25, -0.2) is 4.98 Å². The summed E-state index contributed by atoms with van der Waals surface area (Å²) < 4.78 is 12.1. The molecule has 0 N–H and O–H groups in total. The monoisotopic (exact) mass is 425 g/mol. The number of methoxy groups -OCH3 is 2. The van der Waals surface area contributed by atoms with Crippen molar-refractivity contribution in [2.45, 2.75) is 19.4 Å². The molecule has 0 spiro atoms. The molecule has 0 unspecified atom stereocenters. The van der Waals surface area contributed by atoms with Crippen LogP contribution in [0.2, 0.25) is 0 Å². The van der Waals surface area contributed by atoms with Crippen LogP contribution < -0.4 is 9.47 Å². The minimum atomic E-state index is 0.194. The molecule has 3 aromatic rings. The van der Waals surface area contributed by atoms with Crippen LogP contribution in [0.4, 0.5) is 0 Å². The third kappa shape index (κ3) is 4.57. The fourth-order valence-electron chi connectivity index (χ4n) is 3.88. The first-order chi connectivity index (χ1) is 14.7. The third-order valence-corrected chi connectivity index (χ3v) is 6.54. The summed E-state index contributed by atoms with van der Waals surface area (Å²) in [5.41, 5.74) is 2.07. The number of amides is 1. The molecule has 2 heterocycles. The number of fused-ring (bicyclic) bond motifs is 1. The molecule has 1 aliphatic rings. The number of benzene rings is 2. The molecule has 30 heavy (non-hydrogen) atoms. The first kappa shape index (κ1) is 20.6. The van der Waals surface area contributed by atoms with Crippen molar-refractivity contribution in [2.75, 3.05) is 40.4 Å². The Balaban J connectivity index is 1.28. The third-order valence-electron chi connectivity index (χ3n) is 5.51. The van der Waals surface area contributed by atoms with Gasteiger partial charge < -0.3 is 14.4 Å². The van der Waals surface area contributed by atoms with Gasteiger partial charge in [-0.3, -0.25) is 9.69 Å². The molecule has 0 atom stereocenters. The van der Waals surface area contributed by atoms with E-state index in [1.165, 1.54) is 4.70 Å². The van der Waals surface area contributed by atoms with E-state index in [-0.39, 0.29) is 5.91 Å². The van der Waals surface area contributed by atoms with Crippen molar-refractivity contribution >= 4 is 27.5 Å². The number of hydrogen-bond donors (Lipinski definition) is 0. The van der Waals surface area contributed by atoms with Crippen molar-refractivity contribution in [1.29, 1.82) is 0 Å². The second-order valence-corrected chi connectivity index (χ2v) is 8.50. The van der Waals surface area contributed by atoms with Gasteiger partial charge in [0, 0.05) is 32.6 Å². The molecule has 1 saturated heterocycles. The van der Waals surface area contributed by atoms with Crippen LogP contribution in [0, 0.1) is 0 Å². The van der Waals surface area contributed by atoms with Gasteiger partial charge in [0.15, 0.2) is 11.5 Å². The maximum atomic E-state index is 12.7. The highest BCUT2D eigenvalue weighted by Crippen LogP contribution is 2.31. The summed E-state index contributed by atoms with van der Waals surface area (Å²) in [5.74, 6) is 1.61.